The predicted molar refractivity (Wildman–Crippen MR) is 58.7 cm³/mol. The van der Waals surface area contributed by atoms with Crippen molar-refractivity contribution >= 4 is 34.8 Å². The lowest BCUT2D eigenvalue weighted by Crippen LogP contribution is -2.28. The van der Waals surface area contributed by atoms with Crippen molar-refractivity contribution in [1.82, 2.24) is 15.0 Å². The van der Waals surface area contributed by atoms with Gasteiger partial charge in [-0.25, -0.2) is 0 Å². The molecule has 0 aromatic carbocycles. The summed E-state index contributed by atoms with van der Waals surface area (Å²) in [4.78, 5) is 10.4. The van der Waals surface area contributed by atoms with Gasteiger partial charge in [-0.3, -0.25) is 0 Å². The topological polar surface area (TPSA) is 88.5 Å². The zero-order chi connectivity index (χ0) is 12.1. The van der Waals surface area contributed by atoms with Gasteiger partial charge in [0.15, 0.2) is 0 Å². The Morgan fingerprint density at radius 3 is 1.40 bits per heavy atom. The Balaban J connectivity index is 0.000000288. The normalized spacial score (nSPS) is 9.93. The van der Waals surface area contributed by atoms with Crippen molar-refractivity contribution in [3.63, 3.8) is 0 Å². The minimum absolute atomic E-state index is 0.000000000000000444. The van der Waals surface area contributed by atoms with Gasteiger partial charge in [0.2, 0.25) is 15.9 Å². The van der Waals surface area contributed by atoms with Crippen LogP contribution in [0.15, 0.2) is 0 Å². The molecule has 0 fully saturated rings. The summed E-state index contributed by atoms with van der Waals surface area (Å²) >= 11 is 16.0. The number of hydrogen-bond donors (Lipinski definition) is 1. The highest BCUT2D eigenvalue weighted by Crippen LogP contribution is 2.08. The van der Waals surface area contributed by atoms with Crippen LogP contribution >= 0.6 is 34.8 Å². The monoisotopic (exact) mass is 267 g/mol. The molecule has 0 aliphatic heterocycles. The number of hydrogen-bond acceptors (Lipinski definition) is 5. The van der Waals surface area contributed by atoms with Crippen molar-refractivity contribution in [1.29, 1.82) is 5.26 Å². The van der Waals surface area contributed by atoms with Gasteiger partial charge in [-0.1, -0.05) is 0 Å². The van der Waals surface area contributed by atoms with Gasteiger partial charge in [0, 0.05) is 0 Å². The third-order valence-electron chi connectivity index (χ3n) is 0.842. The van der Waals surface area contributed by atoms with Crippen molar-refractivity contribution in [3.8, 4) is 6.07 Å². The van der Waals surface area contributed by atoms with Gasteiger partial charge in [-0.05, 0) is 48.7 Å². The quantitative estimate of drug-likeness (QED) is 0.778. The van der Waals surface area contributed by atoms with Crippen LogP contribution in [0, 0.1) is 11.3 Å². The maximum Gasteiger partial charge on any atom is 0.227 e. The average Bonchev–Trinajstić information content (AvgIpc) is 2.01. The van der Waals surface area contributed by atoms with Gasteiger partial charge in [0.1, 0.15) is 0 Å². The molecule has 1 aromatic heterocycles. The summed E-state index contributed by atoms with van der Waals surface area (Å²) in [7, 11) is 0. The van der Waals surface area contributed by atoms with Crippen LogP contribution in [0.2, 0.25) is 15.9 Å². The lowest BCUT2D eigenvalue weighted by Gasteiger charge is -2.02. The summed E-state index contributed by atoms with van der Waals surface area (Å²) < 4.78 is 0. The van der Waals surface area contributed by atoms with Gasteiger partial charge in [0.05, 0.1) is 11.6 Å². The molecule has 0 saturated carbocycles. The Labute approximate surface area is 102 Å². The molecular weight excluding hydrogens is 260 g/mol. The van der Waals surface area contributed by atoms with E-state index in [1.165, 1.54) is 0 Å². The van der Waals surface area contributed by atoms with Crippen molar-refractivity contribution in [2.45, 2.75) is 19.4 Å². The summed E-state index contributed by atoms with van der Waals surface area (Å²) in [5.41, 5.74) is 4.52. The second kappa shape index (κ2) is 6.03. The molecule has 0 spiro atoms. The van der Waals surface area contributed by atoms with Crippen molar-refractivity contribution in [2.24, 2.45) is 5.73 Å². The van der Waals surface area contributed by atoms with E-state index in [0.717, 1.165) is 0 Å². The number of nitriles is 1. The number of halogens is 3. The molecule has 1 rings (SSSR count). The third kappa shape index (κ3) is 8.33. The second-order valence-corrected chi connectivity index (χ2v) is 3.99. The summed E-state index contributed by atoms with van der Waals surface area (Å²) in [6.07, 6.45) is 0. The van der Waals surface area contributed by atoms with E-state index in [1.54, 1.807) is 13.8 Å². The molecule has 8 heteroatoms. The van der Waals surface area contributed by atoms with Crippen LogP contribution in [0.3, 0.4) is 0 Å². The molecule has 2 N–H and O–H groups in total. The summed E-state index contributed by atoms with van der Waals surface area (Å²) in [5.74, 6) is 0. The highest BCUT2D eigenvalue weighted by atomic mass is 35.5. The SMILES string of the molecule is CC(C)(N)C#N.Clc1nc(Cl)nc(Cl)n1. The van der Waals surface area contributed by atoms with Crippen molar-refractivity contribution < 1.29 is 0 Å². The van der Waals surface area contributed by atoms with Crippen LogP contribution in [-0.4, -0.2) is 20.5 Å². The Bertz CT molecular complexity index is 317. The van der Waals surface area contributed by atoms with Gasteiger partial charge in [-0.2, -0.15) is 20.2 Å². The van der Waals surface area contributed by atoms with E-state index in [9.17, 15) is 0 Å². The molecule has 0 radical (unpaired) electrons. The van der Waals surface area contributed by atoms with Crippen LogP contribution in [0.25, 0.3) is 0 Å². The predicted octanol–water partition coefficient (Wildman–Crippen LogP) is 2.08. The van der Waals surface area contributed by atoms with Crippen LogP contribution < -0.4 is 5.73 Å². The number of nitrogens with zero attached hydrogens (tertiary/aromatic N) is 4. The smallest absolute Gasteiger partial charge is 0.227 e. The van der Waals surface area contributed by atoms with E-state index in [1.807, 2.05) is 6.07 Å². The molecule has 0 bridgehead atoms. The van der Waals surface area contributed by atoms with E-state index >= 15 is 0 Å². The molecule has 1 aromatic rings. The lowest BCUT2D eigenvalue weighted by atomic mass is 10.1. The second-order valence-electron chi connectivity index (χ2n) is 2.98. The third-order valence-corrected chi connectivity index (χ3v) is 1.35. The number of nitrogens with two attached hydrogens (primary N) is 1. The zero-order valence-corrected chi connectivity index (χ0v) is 10.3. The Morgan fingerprint density at radius 2 is 1.27 bits per heavy atom. The average molecular weight is 269 g/mol. The first-order valence-electron chi connectivity index (χ1n) is 3.67. The molecule has 0 aliphatic rings. The Morgan fingerprint density at radius 1 is 1.07 bits per heavy atom. The maximum atomic E-state index is 8.03. The van der Waals surface area contributed by atoms with Crippen LogP contribution in [0.4, 0.5) is 0 Å². The molecule has 0 atom stereocenters. The fourth-order valence-corrected chi connectivity index (χ4v) is 0.913. The van der Waals surface area contributed by atoms with E-state index in [-0.39, 0.29) is 15.9 Å². The fraction of sp³-hybridized carbons (Fsp3) is 0.429. The van der Waals surface area contributed by atoms with Gasteiger partial charge >= 0.3 is 0 Å². The molecule has 15 heavy (non-hydrogen) atoms. The van der Waals surface area contributed by atoms with Crippen LogP contribution in [-0.2, 0) is 0 Å². The minimum Gasteiger partial charge on any atom is -0.314 e. The molecule has 0 saturated heterocycles. The number of aromatic nitrogens is 3. The fourth-order valence-electron chi connectivity index (χ4n) is 0.303. The summed E-state index contributed by atoms with van der Waals surface area (Å²) in [6, 6.07) is 1.88. The van der Waals surface area contributed by atoms with E-state index in [4.69, 9.17) is 45.8 Å². The van der Waals surface area contributed by atoms with Gasteiger partial charge in [0.25, 0.3) is 0 Å². The highest BCUT2D eigenvalue weighted by molar-refractivity contribution is 6.33. The minimum atomic E-state index is -0.653. The lowest BCUT2D eigenvalue weighted by molar-refractivity contribution is 0.670. The molecule has 82 valence electrons. The molecule has 1 heterocycles. The van der Waals surface area contributed by atoms with Crippen LogP contribution in [0.5, 0.6) is 0 Å². The van der Waals surface area contributed by atoms with Crippen molar-refractivity contribution in [2.75, 3.05) is 0 Å². The van der Waals surface area contributed by atoms with Gasteiger partial charge in [-0.15, -0.1) is 0 Å². The van der Waals surface area contributed by atoms with Gasteiger partial charge < -0.3 is 5.73 Å². The summed E-state index contributed by atoms with van der Waals surface area (Å²) in [5, 5.41) is 8.03. The first-order valence-corrected chi connectivity index (χ1v) is 4.80. The molecule has 0 aliphatic carbocycles. The van der Waals surface area contributed by atoms with Crippen molar-refractivity contribution in [3.05, 3.63) is 15.9 Å². The molecule has 0 unspecified atom stereocenters. The largest absolute Gasteiger partial charge is 0.314 e. The van der Waals surface area contributed by atoms with E-state index in [0.29, 0.717) is 0 Å². The molecular formula is C7H8Cl3N5. The number of rotatable bonds is 0. The van der Waals surface area contributed by atoms with E-state index in [2.05, 4.69) is 15.0 Å². The standard InChI is InChI=1S/C4H8N2.C3Cl3N3/c1-4(2,6)3-5;4-1-7-2(5)9-3(6)8-1/h6H2,1-2H3;. The zero-order valence-electron chi connectivity index (χ0n) is 8.00. The Hall–Kier alpha value is -0.670. The summed E-state index contributed by atoms with van der Waals surface area (Å²) in [6.45, 7) is 3.32. The van der Waals surface area contributed by atoms with Crippen LogP contribution in [0.1, 0.15) is 13.8 Å². The first kappa shape index (κ1) is 14.3. The molecule has 5 nitrogen and oxygen atoms in total. The van der Waals surface area contributed by atoms with E-state index < -0.39 is 5.54 Å². The highest BCUT2D eigenvalue weighted by Gasteiger charge is 2.04. The maximum absolute atomic E-state index is 8.03. The Kier molecular flexibility index (Phi) is 5.76. The first-order chi connectivity index (χ1) is 6.74. The molecule has 0 amide bonds.